The summed E-state index contributed by atoms with van der Waals surface area (Å²) in [6.45, 7) is 0. The quantitative estimate of drug-likeness (QED) is 0.590. The molecule has 88 valence electrons. The van der Waals surface area contributed by atoms with Crippen LogP contribution in [0.15, 0.2) is 23.1 Å². The van der Waals surface area contributed by atoms with E-state index in [2.05, 4.69) is 0 Å². The molecule has 0 fully saturated rings. The molecule has 0 saturated heterocycles. The van der Waals surface area contributed by atoms with Crippen LogP contribution in [0.25, 0.3) is 0 Å². The first kappa shape index (κ1) is 12.5. The van der Waals surface area contributed by atoms with E-state index in [-0.39, 0.29) is 0 Å². The summed E-state index contributed by atoms with van der Waals surface area (Å²) in [5.41, 5.74) is -0.491. The lowest BCUT2D eigenvalue weighted by molar-refractivity contribution is -0.385. The van der Waals surface area contributed by atoms with E-state index in [0.717, 1.165) is 16.4 Å². The van der Waals surface area contributed by atoms with Crippen molar-refractivity contribution in [3.05, 3.63) is 34.1 Å². The Morgan fingerprint density at radius 2 is 1.94 bits per heavy atom. The zero-order chi connectivity index (χ0) is 12.5. The van der Waals surface area contributed by atoms with Crippen LogP contribution in [0.3, 0.4) is 0 Å². The van der Waals surface area contributed by atoms with Gasteiger partial charge in [0.2, 0.25) is 10.0 Å². The molecule has 8 heteroatoms. The molecule has 0 spiro atoms. The first-order chi connectivity index (χ1) is 7.26. The maximum Gasteiger partial charge on any atom is 0.272 e. The normalized spacial score (nSPS) is 11.8. The zero-order valence-electron chi connectivity index (χ0n) is 8.55. The number of hydrogen-bond acceptors (Lipinski definition) is 4. The summed E-state index contributed by atoms with van der Waals surface area (Å²) in [5.74, 6) is -1.14. The molecule has 0 aliphatic heterocycles. The molecule has 0 bridgehead atoms. The minimum Gasteiger partial charge on any atom is -0.258 e. The second kappa shape index (κ2) is 4.14. The van der Waals surface area contributed by atoms with Crippen molar-refractivity contribution in [3.63, 3.8) is 0 Å². The summed E-state index contributed by atoms with van der Waals surface area (Å²) in [6.07, 6.45) is 0. The topological polar surface area (TPSA) is 80.5 Å². The minimum absolute atomic E-state index is 0.491. The van der Waals surface area contributed by atoms with E-state index >= 15 is 0 Å². The van der Waals surface area contributed by atoms with Gasteiger partial charge in [-0.3, -0.25) is 10.1 Å². The van der Waals surface area contributed by atoms with Crippen LogP contribution in [0.2, 0.25) is 0 Å². The molecule has 1 rings (SSSR count). The molecule has 0 amide bonds. The standard InChI is InChI=1S/C8H9FN2O4S/c1-10(2)16(14,15)8-4-3-6(11(12)13)5-7(8)9/h3-5H,1-2H3. The molecule has 16 heavy (non-hydrogen) atoms. The number of nitro groups is 1. The third kappa shape index (κ3) is 2.17. The van der Waals surface area contributed by atoms with Gasteiger partial charge in [-0.2, -0.15) is 0 Å². The Balaban J connectivity index is 3.35. The SMILES string of the molecule is CN(C)S(=O)(=O)c1ccc([N+](=O)[O-])cc1F. The van der Waals surface area contributed by atoms with E-state index in [1.165, 1.54) is 14.1 Å². The first-order valence-electron chi connectivity index (χ1n) is 4.13. The van der Waals surface area contributed by atoms with E-state index in [4.69, 9.17) is 0 Å². The number of halogens is 1. The fraction of sp³-hybridized carbons (Fsp3) is 0.250. The smallest absolute Gasteiger partial charge is 0.258 e. The molecule has 0 aliphatic rings. The molecule has 0 radical (unpaired) electrons. The van der Waals surface area contributed by atoms with Gasteiger partial charge in [-0.1, -0.05) is 0 Å². The molecule has 0 unspecified atom stereocenters. The fourth-order valence-corrected chi connectivity index (χ4v) is 1.95. The van der Waals surface area contributed by atoms with Gasteiger partial charge in [0.15, 0.2) is 0 Å². The summed E-state index contributed by atoms with van der Waals surface area (Å²) < 4.78 is 37.3. The number of nitrogens with zero attached hydrogens (tertiary/aromatic N) is 2. The molecule has 1 aromatic rings. The van der Waals surface area contributed by atoms with Gasteiger partial charge in [-0.25, -0.2) is 17.1 Å². The Hall–Kier alpha value is -1.54. The molecule has 0 aliphatic carbocycles. The Bertz CT molecular complexity index is 527. The van der Waals surface area contributed by atoms with Gasteiger partial charge in [0, 0.05) is 20.2 Å². The molecule has 0 N–H and O–H groups in total. The summed E-state index contributed by atoms with van der Waals surface area (Å²) >= 11 is 0. The monoisotopic (exact) mass is 248 g/mol. The van der Waals surface area contributed by atoms with Gasteiger partial charge >= 0.3 is 0 Å². The number of nitro benzene ring substituents is 1. The van der Waals surface area contributed by atoms with Crippen LogP contribution in [0.1, 0.15) is 0 Å². The lowest BCUT2D eigenvalue weighted by atomic mass is 10.3. The predicted octanol–water partition coefficient (Wildman–Crippen LogP) is 0.984. The summed E-state index contributed by atoms with van der Waals surface area (Å²) in [7, 11) is -1.42. The molecule has 0 heterocycles. The van der Waals surface area contributed by atoms with Crippen LogP contribution in [0.4, 0.5) is 10.1 Å². The molecule has 6 nitrogen and oxygen atoms in total. The predicted molar refractivity (Wildman–Crippen MR) is 53.9 cm³/mol. The van der Waals surface area contributed by atoms with Crippen molar-refractivity contribution in [1.82, 2.24) is 4.31 Å². The lowest BCUT2D eigenvalue weighted by Gasteiger charge is -2.11. The van der Waals surface area contributed by atoms with Gasteiger partial charge < -0.3 is 0 Å². The van der Waals surface area contributed by atoms with E-state index in [1.54, 1.807) is 0 Å². The second-order valence-corrected chi connectivity index (χ2v) is 5.28. The summed E-state index contributed by atoms with van der Waals surface area (Å²) in [4.78, 5) is 8.95. The number of rotatable bonds is 3. The Labute approximate surface area is 91.5 Å². The van der Waals surface area contributed by atoms with Gasteiger partial charge in [-0.15, -0.1) is 0 Å². The van der Waals surface area contributed by atoms with Crippen molar-refractivity contribution in [1.29, 1.82) is 0 Å². The summed E-state index contributed by atoms with van der Waals surface area (Å²) in [5, 5.41) is 10.3. The van der Waals surface area contributed by atoms with Crippen molar-refractivity contribution in [2.24, 2.45) is 0 Å². The van der Waals surface area contributed by atoms with Crippen LogP contribution in [0.5, 0.6) is 0 Å². The van der Waals surface area contributed by atoms with Crippen LogP contribution in [-0.2, 0) is 10.0 Å². The fourth-order valence-electron chi connectivity index (χ4n) is 1.01. The van der Waals surface area contributed by atoms with Crippen molar-refractivity contribution < 1.29 is 17.7 Å². The van der Waals surface area contributed by atoms with Gasteiger partial charge in [-0.05, 0) is 6.07 Å². The highest BCUT2D eigenvalue weighted by Crippen LogP contribution is 2.21. The number of hydrogen-bond donors (Lipinski definition) is 0. The third-order valence-electron chi connectivity index (χ3n) is 1.88. The van der Waals surface area contributed by atoms with Gasteiger partial charge in [0.25, 0.3) is 5.69 Å². The first-order valence-corrected chi connectivity index (χ1v) is 5.57. The molecular weight excluding hydrogens is 239 g/mol. The minimum atomic E-state index is -3.91. The third-order valence-corrected chi connectivity index (χ3v) is 3.73. The molecule has 0 atom stereocenters. The highest BCUT2D eigenvalue weighted by molar-refractivity contribution is 7.89. The largest absolute Gasteiger partial charge is 0.272 e. The van der Waals surface area contributed by atoms with Crippen molar-refractivity contribution in [2.75, 3.05) is 14.1 Å². The highest BCUT2D eigenvalue weighted by Gasteiger charge is 2.23. The van der Waals surface area contributed by atoms with Crippen molar-refractivity contribution >= 4 is 15.7 Å². The summed E-state index contributed by atoms with van der Waals surface area (Å²) in [6, 6.07) is 2.40. The van der Waals surface area contributed by atoms with Crippen LogP contribution in [0, 0.1) is 15.9 Å². The van der Waals surface area contributed by atoms with E-state index in [0.29, 0.717) is 6.07 Å². The van der Waals surface area contributed by atoms with Crippen LogP contribution < -0.4 is 0 Å². The lowest BCUT2D eigenvalue weighted by Crippen LogP contribution is -2.23. The van der Waals surface area contributed by atoms with E-state index < -0.39 is 31.3 Å². The van der Waals surface area contributed by atoms with Gasteiger partial charge in [0.1, 0.15) is 10.7 Å². The Morgan fingerprint density at radius 1 is 1.38 bits per heavy atom. The van der Waals surface area contributed by atoms with E-state index in [1.807, 2.05) is 0 Å². The van der Waals surface area contributed by atoms with E-state index in [9.17, 15) is 22.9 Å². The number of sulfonamides is 1. The second-order valence-electron chi connectivity index (χ2n) is 3.16. The Morgan fingerprint density at radius 3 is 2.31 bits per heavy atom. The zero-order valence-corrected chi connectivity index (χ0v) is 9.36. The average Bonchev–Trinajstić information content (AvgIpc) is 2.16. The van der Waals surface area contributed by atoms with Crippen molar-refractivity contribution in [3.8, 4) is 0 Å². The number of non-ortho nitro benzene ring substituents is 1. The number of benzene rings is 1. The molecule has 0 saturated carbocycles. The van der Waals surface area contributed by atoms with Crippen LogP contribution >= 0.6 is 0 Å². The Kier molecular flexibility index (Phi) is 3.24. The van der Waals surface area contributed by atoms with Gasteiger partial charge in [0.05, 0.1) is 11.0 Å². The van der Waals surface area contributed by atoms with Crippen molar-refractivity contribution in [2.45, 2.75) is 4.90 Å². The molecule has 1 aromatic carbocycles. The molecule has 0 aromatic heterocycles. The highest BCUT2D eigenvalue weighted by atomic mass is 32.2. The maximum atomic E-state index is 13.4. The maximum absolute atomic E-state index is 13.4. The molecular formula is C8H9FN2O4S. The average molecular weight is 248 g/mol. The van der Waals surface area contributed by atoms with Crippen LogP contribution in [-0.4, -0.2) is 31.7 Å².